The van der Waals surface area contributed by atoms with E-state index in [-0.39, 0.29) is 11.6 Å². The number of fused-ring (bicyclic) bond motifs is 1. The number of ether oxygens (including phenoxy) is 2. The highest BCUT2D eigenvalue weighted by Gasteiger charge is 2.21. The molecule has 45 heavy (non-hydrogen) atoms. The molecule has 2 amide bonds. The van der Waals surface area contributed by atoms with Crippen LogP contribution in [0, 0.1) is 5.21 Å². The fourth-order valence-corrected chi connectivity index (χ4v) is 5.12. The van der Waals surface area contributed by atoms with Crippen molar-refractivity contribution in [2.24, 2.45) is 0 Å². The van der Waals surface area contributed by atoms with Gasteiger partial charge in [-0.1, -0.05) is 43.7 Å². The molecule has 1 aliphatic rings. The topological polar surface area (TPSA) is 115 Å². The number of aromatic nitrogens is 1. The number of amides is 2. The lowest BCUT2D eigenvalue weighted by Crippen LogP contribution is -2.32. The van der Waals surface area contributed by atoms with E-state index in [4.69, 9.17) is 9.47 Å². The highest BCUT2D eigenvalue weighted by Crippen LogP contribution is 2.33. The maximum absolute atomic E-state index is 13.4. The van der Waals surface area contributed by atoms with Crippen molar-refractivity contribution in [3.8, 4) is 16.9 Å². The zero-order chi connectivity index (χ0) is 31.6. The summed E-state index contributed by atoms with van der Waals surface area (Å²) in [5.41, 5.74) is 5.22. The van der Waals surface area contributed by atoms with Gasteiger partial charge in [0.15, 0.2) is 12.3 Å². The van der Waals surface area contributed by atoms with Gasteiger partial charge in [0.25, 0.3) is 5.91 Å². The molecule has 9 heteroatoms. The van der Waals surface area contributed by atoms with Gasteiger partial charge >= 0.3 is 0 Å². The first-order chi connectivity index (χ1) is 22.0. The molecule has 1 atom stereocenters. The Hall–Kier alpha value is -4.99. The molecule has 0 saturated heterocycles. The molecule has 1 aliphatic heterocycles. The molecular weight excluding hydrogens is 570 g/mol. The van der Waals surface area contributed by atoms with Crippen LogP contribution >= 0.6 is 0 Å². The Bertz CT molecular complexity index is 1640. The summed E-state index contributed by atoms with van der Waals surface area (Å²) in [6.45, 7) is 4.27. The van der Waals surface area contributed by atoms with E-state index in [1.165, 1.54) is 6.20 Å². The first-order valence-electron chi connectivity index (χ1n) is 15.1. The van der Waals surface area contributed by atoms with Gasteiger partial charge in [-0.25, -0.2) is 0 Å². The number of pyridine rings is 1. The van der Waals surface area contributed by atoms with Gasteiger partial charge in [-0.3, -0.25) is 9.59 Å². The SMILES string of the molecule is CCCCOCCOc1ccc(-c2ccc3c(c2)C=C(C(=O)Nc2ccc([C@H](O)c4cccc[n+]4[O-])cc2)CCN3C=O)cc1. The average molecular weight is 608 g/mol. The van der Waals surface area contributed by atoms with Crippen LogP contribution in [0.15, 0.2) is 96.7 Å². The van der Waals surface area contributed by atoms with Gasteiger partial charge in [-0.2, -0.15) is 4.73 Å². The van der Waals surface area contributed by atoms with Gasteiger partial charge in [0.2, 0.25) is 12.1 Å². The van der Waals surface area contributed by atoms with E-state index in [1.54, 1.807) is 47.4 Å². The Kier molecular flexibility index (Phi) is 10.6. The standard InChI is InChI=1S/C36H37N3O6/c1-2-3-20-44-21-22-45-32-14-9-26(10-15-32)28-11-16-33-30(23-28)24-29(17-19-38(33)25-40)36(42)37-31-12-7-27(8-13-31)35(41)34-6-4-5-18-39(34)43/h4-16,18,23-25,35,41H,2-3,17,19-22H2,1H3,(H,37,42)/t35-/m0/s1. The molecule has 2 N–H and O–H groups in total. The van der Waals surface area contributed by atoms with Gasteiger partial charge in [-0.15, -0.1) is 0 Å². The molecule has 2 heterocycles. The maximum atomic E-state index is 13.4. The van der Waals surface area contributed by atoms with Crippen molar-refractivity contribution in [3.05, 3.63) is 119 Å². The van der Waals surface area contributed by atoms with Crippen LogP contribution in [0.1, 0.15) is 49.1 Å². The van der Waals surface area contributed by atoms with Crippen LogP contribution in [0.3, 0.4) is 0 Å². The quantitative estimate of drug-likeness (QED) is 0.0878. The molecule has 0 aliphatic carbocycles. The van der Waals surface area contributed by atoms with Crippen LogP contribution in [0.4, 0.5) is 11.4 Å². The number of hydrogen-bond acceptors (Lipinski definition) is 6. The van der Waals surface area contributed by atoms with Crippen molar-refractivity contribution in [2.45, 2.75) is 32.3 Å². The number of benzene rings is 3. The lowest BCUT2D eigenvalue weighted by molar-refractivity contribution is -0.617. The molecule has 9 nitrogen and oxygen atoms in total. The highest BCUT2D eigenvalue weighted by atomic mass is 16.5. The van der Waals surface area contributed by atoms with Crippen molar-refractivity contribution in [2.75, 3.05) is 36.6 Å². The first kappa shape index (κ1) is 31.4. The Labute approximate surface area is 262 Å². The number of anilines is 2. The summed E-state index contributed by atoms with van der Waals surface area (Å²) in [5.74, 6) is 0.475. The van der Waals surface area contributed by atoms with Gasteiger partial charge in [0, 0.05) is 36.5 Å². The maximum Gasteiger partial charge on any atom is 0.251 e. The predicted octanol–water partition coefficient (Wildman–Crippen LogP) is 5.65. The second-order valence-electron chi connectivity index (χ2n) is 10.8. The van der Waals surface area contributed by atoms with Gasteiger partial charge in [-0.05, 0) is 83.6 Å². The fraction of sp³-hybridized carbons (Fsp3) is 0.250. The summed E-state index contributed by atoms with van der Waals surface area (Å²) in [6, 6.07) is 25.2. The van der Waals surface area contributed by atoms with Crippen LogP contribution in [-0.4, -0.2) is 43.8 Å². The normalized spacial score (nSPS) is 13.3. The summed E-state index contributed by atoms with van der Waals surface area (Å²) in [4.78, 5) is 26.9. The van der Waals surface area contributed by atoms with Crippen LogP contribution in [0.25, 0.3) is 17.2 Å². The Morgan fingerprint density at radius 2 is 1.80 bits per heavy atom. The number of aliphatic hydroxyl groups excluding tert-OH is 1. The van der Waals surface area contributed by atoms with Gasteiger partial charge in [0.1, 0.15) is 12.4 Å². The summed E-state index contributed by atoms with van der Waals surface area (Å²) in [5, 5.41) is 25.6. The Balaban J connectivity index is 1.28. The van der Waals surface area contributed by atoms with E-state index in [1.807, 2.05) is 48.5 Å². The second kappa shape index (κ2) is 15.1. The minimum absolute atomic E-state index is 0.211. The zero-order valence-electron chi connectivity index (χ0n) is 25.2. The van der Waals surface area contributed by atoms with E-state index in [0.29, 0.717) is 47.7 Å². The number of hydrogen-bond donors (Lipinski definition) is 2. The Morgan fingerprint density at radius 3 is 2.53 bits per heavy atom. The van der Waals surface area contributed by atoms with E-state index in [2.05, 4.69) is 12.2 Å². The predicted molar refractivity (Wildman–Crippen MR) is 174 cm³/mol. The molecule has 3 aromatic carbocycles. The lowest BCUT2D eigenvalue weighted by Gasteiger charge is -2.18. The monoisotopic (exact) mass is 607 g/mol. The average Bonchev–Trinajstić information content (AvgIpc) is 3.26. The Morgan fingerprint density at radius 1 is 1.02 bits per heavy atom. The van der Waals surface area contributed by atoms with Crippen molar-refractivity contribution >= 4 is 29.8 Å². The van der Waals surface area contributed by atoms with Crippen molar-refractivity contribution < 1.29 is 28.9 Å². The van der Waals surface area contributed by atoms with Crippen molar-refractivity contribution in [1.82, 2.24) is 0 Å². The van der Waals surface area contributed by atoms with Crippen LogP contribution in [-0.2, 0) is 14.3 Å². The van der Waals surface area contributed by atoms with Crippen LogP contribution in [0.5, 0.6) is 5.75 Å². The molecule has 0 radical (unpaired) electrons. The molecule has 0 bridgehead atoms. The van der Waals surface area contributed by atoms with Crippen molar-refractivity contribution in [3.63, 3.8) is 0 Å². The minimum Gasteiger partial charge on any atom is -0.618 e. The third-order valence-electron chi connectivity index (χ3n) is 7.65. The number of carbonyl (C=O) groups is 2. The molecule has 232 valence electrons. The largest absolute Gasteiger partial charge is 0.618 e. The third-order valence-corrected chi connectivity index (χ3v) is 7.65. The number of unbranched alkanes of at least 4 members (excludes halogenated alkanes) is 1. The number of rotatable bonds is 13. The summed E-state index contributed by atoms with van der Waals surface area (Å²) in [7, 11) is 0. The molecular formula is C36H37N3O6. The summed E-state index contributed by atoms with van der Waals surface area (Å²) >= 11 is 0. The van der Waals surface area contributed by atoms with E-state index in [0.717, 1.165) is 54.0 Å². The molecule has 5 rings (SSSR count). The summed E-state index contributed by atoms with van der Waals surface area (Å²) in [6.07, 6.45) is 5.36. The molecule has 0 unspecified atom stereocenters. The highest BCUT2D eigenvalue weighted by molar-refractivity contribution is 6.08. The molecule has 4 aromatic rings. The van der Waals surface area contributed by atoms with Crippen molar-refractivity contribution in [1.29, 1.82) is 0 Å². The minimum atomic E-state index is -1.10. The first-order valence-corrected chi connectivity index (χ1v) is 15.1. The van der Waals surface area contributed by atoms with E-state index < -0.39 is 6.10 Å². The van der Waals surface area contributed by atoms with E-state index >= 15 is 0 Å². The lowest BCUT2D eigenvalue weighted by atomic mass is 10.00. The number of carbonyl (C=O) groups excluding carboxylic acids is 2. The zero-order valence-corrected chi connectivity index (χ0v) is 25.2. The molecule has 1 aromatic heterocycles. The van der Waals surface area contributed by atoms with Crippen LogP contribution < -0.4 is 19.7 Å². The molecule has 0 saturated carbocycles. The van der Waals surface area contributed by atoms with Gasteiger partial charge in [0.05, 0.1) is 12.3 Å². The van der Waals surface area contributed by atoms with Gasteiger partial charge < -0.3 is 30.0 Å². The van der Waals surface area contributed by atoms with E-state index in [9.17, 15) is 19.9 Å². The molecule has 0 fully saturated rings. The fourth-order valence-electron chi connectivity index (χ4n) is 5.12. The number of aliphatic hydroxyl groups is 1. The van der Waals surface area contributed by atoms with Crippen LogP contribution in [0.2, 0.25) is 0 Å². The smallest absolute Gasteiger partial charge is 0.251 e. The number of nitrogens with zero attached hydrogens (tertiary/aromatic N) is 2. The molecule has 0 spiro atoms. The second-order valence-corrected chi connectivity index (χ2v) is 10.8. The summed E-state index contributed by atoms with van der Waals surface area (Å²) < 4.78 is 12.0. The third kappa shape index (κ3) is 7.94. The number of nitrogens with one attached hydrogen (secondary N) is 1.